The standard InChI is InChI=1S/C66H120O6/c1-4-7-10-13-16-19-22-25-28-30-31-32-33-34-36-38-41-44-47-50-53-56-59-65(68)71-62-63(61-70-64(67)58-55-52-49-46-43-40-37-27-24-21-18-15-12-9-6-3)72-66(69)60-57-54-51-48-45-42-39-35-29-26-23-20-17-14-11-8-5-2/h9,12,18,21,27,37,43,46,63H,4-8,10-11,13-17,19-20,22-26,28-36,38-42,44-45,47-62H2,1-3H3/b12-9-,21-18-,37-27-,46-43-. The van der Waals surface area contributed by atoms with E-state index in [1.807, 2.05) is 0 Å². The summed E-state index contributed by atoms with van der Waals surface area (Å²) in [5, 5.41) is 0. The van der Waals surface area contributed by atoms with Crippen LogP contribution < -0.4 is 0 Å². The Morgan fingerprint density at radius 3 is 0.847 bits per heavy atom. The molecule has 420 valence electrons. The summed E-state index contributed by atoms with van der Waals surface area (Å²) in [7, 11) is 0. The van der Waals surface area contributed by atoms with Crippen LogP contribution in [0.4, 0.5) is 0 Å². The predicted molar refractivity (Wildman–Crippen MR) is 312 cm³/mol. The normalized spacial score (nSPS) is 12.3. The van der Waals surface area contributed by atoms with Gasteiger partial charge in [0, 0.05) is 19.3 Å². The maximum absolute atomic E-state index is 12.9. The van der Waals surface area contributed by atoms with Gasteiger partial charge in [-0.2, -0.15) is 0 Å². The molecule has 1 atom stereocenters. The van der Waals surface area contributed by atoms with Crippen molar-refractivity contribution in [2.45, 2.75) is 341 Å². The number of hydrogen-bond donors (Lipinski definition) is 0. The zero-order valence-electron chi connectivity index (χ0n) is 48.2. The molecule has 72 heavy (non-hydrogen) atoms. The lowest BCUT2D eigenvalue weighted by molar-refractivity contribution is -0.167. The molecule has 0 bridgehead atoms. The Balaban J connectivity index is 4.32. The molecule has 0 radical (unpaired) electrons. The molecule has 0 aromatic rings. The smallest absolute Gasteiger partial charge is 0.306 e. The molecule has 0 aromatic carbocycles. The second kappa shape index (κ2) is 60.9. The first-order valence-electron chi connectivity index (χ1n) is 31.6. The number of hydrogen-bond acceptors (Lipinski definition) is 6. The molecule has 0 aliphatic rings. The molecule has 0 rings (SSSR count). The van der Waals surface area contributed by atoms with E-state index in [2.05, 4.69) is 69.4 Å². The van der Waals surface area contributed by atoms with Gasteiger partial charge < -0.3 is 14.2 Å². The average Bonchev–Trinajstić information content (AvgIpc) is 3.38. The summed E-state index contributed by atoms with van der Waals surface area (Å²) in [6, 6.07) is 0. The highest BCUT2D eigenvalue weighted by molar-refractivity contribution is 5.71. The summed E-state index contributed by atoms with van der Waals surface area (Å²) in [4.78, 5) is 38.3. The minimum Gasteiger partial charge on any atom is -0.462 e. The number of esters is 3. The minimum atomic E-state index is -0.787. The highest BCUT2D eigenvalue weighted by atomic mass is 16.6. The van der Waals surface area contributed by atoms with Gasteiger partial charge in [-0.1, -0.05) is 307 Å². The molecule has 0 amide bonds. The Bertz CT molecular complexity index is 1250. The number of allylic oxidation sites excluding steroid dienone is 8. The summed E-state index contributed by atoms with van der Waals surface area (Å²) in [5.74, 6) is -0.902. The molecule has 0 heterocycles. The van der Waals surface area contributed by atoms with Gasteiger partial charge in [-0.05, 0) is 57.8 Å². The van der Waals surface area contributed by atoms with Crippen molar-refractivity contribution in [3.63, 3.8) is 0 Å². The number of rotatable bonds is 58. The summed E-state index contributed by atoms with van der Waals surface area (Å²) < 4.78 is 16.9. The van der Waals surface area contributed by atoms with Crippen molar-refractivity contribution in [2.24, 2.45) is 0 Å². The van der Waals surface area contributed by atoms with Gasteiger partial charge in [-0.3, -0.25) is 14.4 Å². The van der Waals surface area contributed by atoms with Crippen LogP contribution in [0, 0.1) is 0 Å². The first kappa shape index (κ1) is 69.4. The van der Waals surface area contributed by atoms with Crippen LogP contribution in [0.2, 0.25) is 0 Å². The summed E-state index contributed by atoms with van der Waals surface area (Å²) in [5.41, 5.74) is 0. The molecule has 0 aromatic heterocycles. The van der Waals surface area contributed by atoms with Crippen LogP contribution in [0.15, 0.2) is 48.6 Å². The highest BCUT2D eigenvalue weighted by Gasteiger charge is 2.19. The second-order valence-corrected chi connectivity index (χ2v) is 21.3. The lowest BCUT2D eigenvalue weighted by Crippen LogP contribution is -2.30. The molecule has 0 saturated carbocycles. The van der Waals surface area contributed by atoms with Gasteiger partial charge in [0.05, 0.1) is 0 Å². The molecule has 0 saturated heterocycles. The van der Waals surface area contributed by atoms with E-state index in [-0.39, 0.29) is 31.1 Å². The van der Waals surface area contributed by atoms with Crippen LogP contribution in [-0.4, -0.2) is 37.2 Å². The molecule has 0 aliphatic carbocycles. The van der Waals surface area contributed by atoms with E-state index in [0.29, 0.717) is 19.3 Å². The Labute approximate surface area is 448 Å². The van der Waals surface area contributed by atoms with Crippen molar-refractivity contribution in [1.29, 1.82) is 0 Å². The van der Waals surface area contributed by atoms with Crippen molar-refractivity contribution in [3.05, 3.63) is 48.6 Å². The highest BCUT2D eigenvalue weighted by Crippen LogP contribution is 2.18. The second-order valence-electron chi connectivity index (χ2n) is 21.3. The predicted octanol–water partition coefficient (Wildman–Crippen LogP) is 21.4. The van der Waals surface area contributed by atoms with Crippen LogP contribution in [0.3, 0.4) is 0 Å². The summed E-state index contributed by atoms with van der Waals surface area (Å²) in [6.07, 6.45) is 75.5. The summed E-state index contributed by atoms with van der Waals surface area (Å²) >= 11 is 0. The van der Waals surface area contributed by atoms with Gasteiger partial charge >= 0.3 is 17.9 Å². The van der Waals surface area contributed by atoms with Crippen LogP contribution in [0.25, 0.3) is 0 Å². The third-order valence-corrected chi connectivity index (χ3v) is 14.1. The monoisotopic (exact) mass is 1010 g/mol. The fourth-order valence-corrected chi connectivity index (χ4v) is 9.38. The van der Waals surface area contributed by atoms with E-state index in [1.165, 1.54) is 212 Å². The number of carbonyl (C=O) groups excluding carboxylic acids is 3. The van der Waals surface area contributed by atoms with E-state index >= 15 is 0 Å². The SMILES string of the molecule is CC/C=C\C/C=C\C/C=C\C/C=C\CCCCC(=O)OCC(COC(=O)CCCCCCCCCCCCCCCCCCCCCCCC)OC(=O)CCCCCCCCCCCCCCCCCCC. The van der Waals surface area contributed by atoms with Crippen molar-refractivity contribution in [1.82, 2.24) is 0 Å². The fraction of sp³-hybridized carbons (Fsp3) is 0.833. The molecule has 0 fully saturated rings. The maximum Gasteiger partial charge on any atom is 0.306 e. The van der Waals surface area contributed by atoms with Crippen LogP contribution in [0.5, 0.6) is 0 Å². The van der Waals surface area contributed by atoms with E-state index in [4.69, 9.17) is 14.2 Å². The van der Waals surface area contributed by atoms with Gasteiger partial charge in [0.1, 0.15) is 13.2 Å². The first-order chi connectivity index (χ1) is 35.5. The van der Waals surface area contributed by atoms with Crippen LogP contribution in [-0.2, 0) is 28.6 Å². The number of carbonyl (C=O) groups is 3. The third-order valence-electron chi connectivity index (χ3n) is 14.1. The van der Waals surface area contributed by atoms with Crippen LogP contribution >= 0.6 is 0 Å². The van der Waals surface area contributed by atoms with Crippen molar-refractivity contribution in [3.8, 4) is 0 Å². The molecule has 6 heteroatoms. The zero-order chi connectivity index (χ0) is 52.2. The van der Waals surface area contributed by atoms with Crippen molar-refractivity contribution < 1.29 is 28.6 Å². The lowest BCUT2D eigenvalue weighted by Gasteiger charge is -2.18. The number of ether oxygens (including phenoxy) is 3. The molecular weight excluding hydrogens is 889 g/mol. The number of unbranched alkanes of at least 4 members (excludes halogenated alkanes) is 39. The fourth-order valence-electron chi connectivity index (χ4n) is 9.38. The van der Waals surface area contributed by atoms with Gasteiger partial charge in [0.15, 0.2) is 6.10 Å². The van der Waals surface area contributed by atoms with E-state index in [0.717, 1.165) is 83.5 Å². The van der Waals surface area contributed by atoms with E-state index in [1.54, 1.807) is 0 Å². The zero-order valence-corrected chi connectivity index (χ0v) is 48.2. The van der Waals surface area contributed by atoms with E-state index in [9.17, 15) is 14.4 Å². The largest absolute Gasteiger partial charge is 0.462 e. The average molecular weight is 1010 g/mol. The Morgan fingerprint density at radius 1 is 0.292 bits per heavy atom. The molecule has 0 spiro atoms. The molecule has 0 N–H and O–H groups in total. The van der Waals surface area contributed by atoms with E-state index < -0.39 is 6.10 Å². The van der Waals surface area contributed by atoms with Gasteiger partial charge in [-0.25, -0.2) is 0 Å². The third kappa shape index (κ3) is 58.3. The summed E-state index contributed by atoms with van der Waals surface area (Å²) in [6.45, 7) is 6.55. The topological polar surface area (TPSA) is 78.9 Å². The van der Waals surface area contributed by atoms with Gasteiger partial charge in [0.25, 0.3) is 0 Å². The lowest BCUT2D eigenvalue weighted by atomic mass is 10.0. The molecular formula is C66H120O6. The minimum absolute atomic E-state index is 0.0813. The molecule has 6 nitrogen and oxygen atoms in total. The first-order valence-corrected chi connectivity index (χ1v) is 31.6. The molecule has 0 aliphatic heterocycles. The van der Waals surface area contributed by atoms with Gasteiger partial charge in [0.2, 0.25) is 0 Å². The van der Waals surface area contributed by atoms with Crippen LogP contribution in [0.1, 0.15) is 335 Å². The Morgan fingerprint density at radius 2 is 0.542 bits per heavy atom. The van der Waals surface area contributed by atoms with Gasteiger partial charge in [-0.15, -0.1) is 0 Å². The Hall–Kier alpha value is -2.63. The van der Waals surface area contributed by atoms with Crippen molar-refractivity contribution in [2.75, 3.05) is 13.2 Å². The maximum atomic E-state index is 12.9. The Kier molecular flexibility index (Phi) is 58.7. The quantitative estimate of drug-likeness (QED) is 0.0261. The van der Waals surface area contributed by atoms with Crippen molar-refractivity contribution >= 4 is 17.9 Å². The molecule has 1 unspecified atom stereocenters.